The van der Waals surface area contributed by atoms with Crippen LogP contribution >= 0.6 is 23.1 Å². The average molecular weight is 363 g/mol. The number of hydrogen-bond donors (Lipinski definition) is 1. The summed E-state index contributed by atoms with van der Waals surface area (Å²) < 4.78 is 0. The van der Waals surface area contributed by atoms with Crippen LogP contribution in [0.2, 0.25) is 0 Å². The standard InChI is InChI=1S/C17H22N4OS2/c1-11(2)14-10-23-16(21-14)15(22)20-12-4-6-13(7-5-12)24-17-18-8-3-9-19-17/h3,8-13H,4-7H2,1-2H3,(H,20,22). The molecule has 7 heteroatoms. The van der Waals surface area contributed by atoms with E-state index in [1.807, 2.05) is 11.4 Å². The Morgan fingerprint density at radius 3 is 2.58 bits per heavy atom. The average Bonchev–Trinajstić information content (AvgIpc) is 3.08. The minimum Gasteiger partial charge on any atom is -0.347 e. The molecule has 0 radical (unpaired) electrons. The van der Waals surface area contributed by atoms with Gasteiger partial charge in [-0.05, 0) is 37.7 Å². The molecule has 0 spiro atoms. The number of carbonyl (C=O) groups is 1. The number of nitrogens with zero attached hydrogens (tertiary/aromatic N) is 3. The number of aromatic nitrogens is 3. The third-order valence-corrected chi connectivity index (χ3v) is 6.22. The molecule has 0 unspecified atom stereocenters. The lowest BCUT2D eigenvalue weighted by molar-refractivity contribution is 0.0927. The molecule has 0 saturated heterocycles. The number of hydrogen-bond acceptors (Lipinski definition) is 6. The zero-order valence-electron chi connectivity index (χ0n) is 13.9. The molecule has 1 aliphatic carbocycles. The van der Waals surface area contributed by atoms with Gasteiger partial charge in [0.2, 0.25) is 0 Å². The Kier molecular flexibility index (Phi) is 5.84. The molecule has 2 aromatic heterocycles. The zero-order valence-corrected chi connectivity index (χ0v) is 15.6. The van der Waals surface area contributed by atoms with E-state index in [1.54, 1.807) is 24.2 Å². The van der Waals surface area contributed by atoms with E-state index in [1.165, 1.54) is 11.3 Å². The lowest BCUT2D eigenvalue weighted by Gasteiger charge is -2.28. The first-order valence-electron chi connectivity index (χ1n) is 8.31. The highest BCUT2D eigenvalue weighted by atomic mass is 32.2. The van der Waals surface area contributed by atoms with Crippen LogP contribution in [0.25, 0.3) is 0 Å². The predicted molar refractivity (Wildman–Crippen MR) is 97.6 cm³/mol. The summed E-state index contributed by atoms with van der Waals surface area (Å²) in [5.74, 6) is 0.324. The predicted octanol–water partition coefficient (Wildman–Crippen LogP) is 3.89. The lowest BCUT2D eigenvalue weighted by atomic mass is 9.95. The number of thiazole rings is 1. The highest BCUT2D eigenvalue weighted by molar-refractivity contribution is 7.99. The lowest BCUT2D eigenvalue weighted by Crippen LogP contribution is -2.38. The highest BCUT2D eigenvalue weighted by Gasteiger charge is 2.25. The number of nitrogens with one attached hydrogen (secondary N) is 1. The van der Waals surface area contributed by atoms with Crippen molar-refractivity contribution in [1.82, 2.24) is 20.3 Å². The Labute approximate surface area is 150 Å². The summed E-state index contributed by atoms with van der Waals surface area (Å²) in [4.78, 5) is 25.3. The number of thioether (sulfide) groups is 1. The van der Waals surface area contributed by atoms with Crippen LogP contribution in [0.15, 0.2) is 29.0 Å². The topological polar surface area (TPSA) is 67.8 Å². The van der Waals surface area contributed by atoms with Crippen molar-refractivity contribution >= 4 is 29.0 Å². The molecule has 5 nitrogen and oxygen atoms in total. The van der Waals surface area contributed by atoms with Gasteiger partial charge in [0, 0.05) is 29.1 Å². The maximum absolute atomic E-state index is 12.3. The Morgan fingerprint density at radius 2 is 1.96 bits per heavy atom. The van der Waals surface area contributed by atoms with Crippen molar-refractivity contribution < 1.29 is 4.79 Å². The van der Waals surface area contributed by atoms with Crippen molar-refractivity contribution in [3.63, 3.8) is 0 Å². The van der Waals surface area contributed by atoms with Gasteiger partial charge in [0.1, 0.15) is 0 Å². The van der Waals surface area contributed by atoms with Gasteiger partial charge in [0.15, 0.2) is 10.2 Å². The second-order valence-electron chi connectivity index (χ2n) is 6.33. The van der Waals surface area contributed by atoms with Crippen molar-refractivity contribution in [2.45, 2.75) is 61.9 Å². The van der Waals surface area contributed by atoms with Crippen molar-refractivity contribution in [3.8, 4) is 0 Å². The number of amides is 1. The largest absolute Gasteiger partial charge is 0.347 e. The van der Waals surface area contributed by atoms with E-state index in [2.05, 4.69) is 34.1 Å². The summed E-state index contributed by atoms with van der Waals surface area (Å²) in [6.07, 6.45) is 7.70. The Balaban J connectivity index is 1.47. The molecule has 1 amide bonds. The molecule has 0 atom stereocenters. The van der Waals surface area contributed by atoms with Gasteiger partial charge in [-0.15, -0.1) is 11.3 Å². The minimum atomic E-state index is -0.0330. The first-order valence-corrected chi connectivity index (χ1v) is 10.1. The molecule has 1 N–H and O–H groups in total. The van der Waals surface area contributed by atoms with Crippen LogP contribution in [0.3, 0.4) is 0 Å². The Bertz CT molecular complexity index is 666. The summed E-state index contributed by atoms with van der Waals surface area (Å²) in [5, 5.41) is 7.07. The van der Waals surface area contributed by atoms with Gasteiger partial charge >= 0.3 is 0 Å². The third kappa shape index (κ3) is 4.54. The highest BCUT2D eigenvalue weighted by Crippen LogP contribution is 2.32. The molecule has 0 aliphatic heterocycles. The molecule has 128 valence electrons. The summed E-state index contributed by atoms with van der Waals surface area (Å²) in [7, 11) is 0. The molecule has 1 fully saturated rings. The van der Waals surface area contributed by atoms with Crippen molar-refractivity contribution in [2.24, 2.45) is 0 Å². The van der Waals surface area contributed by atoms with Crippen molar-refractivity contribution in [2.75, 3.05) is 0 Å². The first kappa shape index (κ1) is 17.4. The fraction of sp³-hybridized carbons (Fsp3) is 0.529. The number of carbonyl (C=O) groups excluding carboxylic acids is 1. The normalized spacial score (nSPS) is 21.0. The van der Waals surface area contributed by atoms with Crippen LogP contribution in [-0.2, 0) is 0 Å². The van der Waals surface area contributed by atoms with E-state index in [4.69, 9.17) is 0 Å². The van der Waals surface area contributed by atoms with Gasteiger partial charge in [0.05, 0.1) is 5.69 Å². The summed E-state index contributed by atoms with van der Waals surface area (Å²) in [6, 6.07) is 2.08. The van der Waals surface area contributed by atoms with Crippen LogP contribution in [-0.4, -0.2) is 32.2 Å². The van der Waals surface area contributed by atoms with E-state index in [0.717, 1.165) is 36.5 Å². The van der Waals surface area contributed by atoms with E-state index >= 15 is 0 Å². The summed E-state index contributed by atoms with van der Waals surface area (Å²) in [5.41, 5.74) is 0.994. The van der Waals surface area contributed by atoms with Crippen molar-refractivity contribution in [3.05, 3.63) is 34.5 Å². The second kappa shape index (κ2) is 8.07. The van der Waals surface area contributed by atoms with Crippen LogP contribution < -0.4 is 5.32 Å². The molecule has 24 heavy (non-hydrogen) atoms. The molecule has 0 aromatic carbocycles. The SMILES string of the molecule is CC(C)c1csc(C(=O)NC2CCC(Sc3ncccn3)CC2)n1. The maximum atomic E-state index is 12.3. The smallest absolute Gasteiger partial charge is 0.280 e. The number of rotatable bonds is 5. The van der Waals surface area contributed by atoms with Gasteiger partial charge in [0.25, 0.3) is 5.91 Å². The molecular formula is C17H22N4OS2. The van der Waals surface area contributed by atoms with E-state index in [-0.39, 0.29) is 11.9 Å². The molecular weight excluding hydrogens is 340 g/mol. The molecule has 1 saturated carbocycles. The Morgan fingerprint density at radius 1 is 1.25 bits per heavy atom. The monoisotopic (exact) mass is 362 g/mol. The maximum Gasteiger partial charge on any atom is 0.280 e. The molecule has 2 aromatic rings. The summed E-state index contributed by atoms with van der Waals surface area (Å²) >= 11 is 3.18. The Hall–Kier alpha value is -1.47. The first-order chi connectivity index (χ1) is 11.6. The van der Waals surface area contributed by atoms with Gasteiger partial charge in [-0.1, -0.05) is 25.6 Å². The van der Waals surface area contributed by atoms with Gasteiger partial charge in [-0.3, -0.25) is 4.79 Å². The third-order valence-electron chi connectivity index (χ3n) is 4.13. The minimum absolute atomic E-state index is 0.0330. The van der Waals surface area contributed by atoms with Crippen LogP contribution in [0.4, 0.5) is 0 Å². The van der Waals surface area contributed by atoms with E-state index in [9.17, 15) is 4.79 Å². The van der Waals surface area contributed by atoms with E-state index in [0.29, 0.717) is 16.2 Å². The van der Waals surface area contributed by atoms with E-state index < -0.39 is 0 Å². The van der Waals surface area contributed by atoms with Crippen molar-refractivity contribution in [1.29, 1.82) is 0 Å². The molecule has 2 heterocycles. The van der Waals surface area contributed by atoms with Crippen LogP contribution in [0, 0.1) is 0 Å². The van der Waals surface area contributed by atoms with Crippen LogP contribution in [0.1, 0.15) is 60.9 Å². The second-order valence-corrected chi connectivity index (χ2v) is 8.45. The molecule has 0 bridgehead atoms. The van der Waals surface area contributed by atoms with Gasteiger partial charge in [-0.2, -0.15) is 0 Å². The van der Waals surface area contributed by atoms with Gasteiger partial charge in [-0.25, -0.2) is 15.0 Å². The summed E-state index contributed by atoms with van der Waals surface area (Å²) in [6.45, 7) is 4.18. The molecule has 1 aliphatic rings. The molecule has 3 rings (SSSR count). The zero-order chi connectivity index (χ0) is 16.9. The fourth-order valence-electron chi connectivity index (χ4n) is 2.72. The fourth-order valence-corrected chi connectivity index (χ4v) is 4.65. The van der Waals surface area contributed by atoms with Crippen LogP contribution in [0.5, 0.6) is 0 Å². The van der Waals surface area contributed by atoms with Gasteiger partial charge < -0.3 is 5.32 Å². The quantitative estimate of drug-likeness (QED) is 0.817.